The molecule has 5 aromatic heterocycles. The average Bonchev–Trinajstić information content (AvgIpc) is 4.03. The molecule has 0 fully saturated rings. The third-order valence-electron chi connectivity index (χ3n) is 10.8. The standard InChI is InChI=1S/C50H44N6/c1-49(2,3)35-11-7-31(8-12-35)45-37-15-16-38(53-37)46(32-9-13-36(14-10-32)50(4,5)6)40-18-20-42(55-40)48(34-25-29-52-30-26-34)44-22-21-43(56-44)47(33-23-27-51-28-24-33)41-19-17-39(45)54-41/h7-30,53,56H,1-6H3. The molecule has 274 valence electrons. The Kier molecular flexibility index (Phi) is 8.50. The Balaban J connectivity index is 1.43. The van der Waals surface area contributed by atoms with Crippen LogP contribution in [0.25, 0.3) is 90.9 Å². The number of aromatic amines is 2. The molecule has 2 aliphatic rings. The van der Waals surface area contributed by atoms with Gasteiger partial charge in [-0.15, -0.1) is 0 Å². The van der Waals surface area contributed by atoms with Crippen molar-refractivity contribution in [3.63, 3.8) is 0 Å². The molecule has 6 heteroatoms. The summed E-state index contributed by atoms with van der Waals surface area (Å²) in [7, 11) is 0. The van der Waals surface area contributed by atoms with Gasteiger partial charge in [0.2, 0.25) is 0 Å². The summed E-state index contributed by atoms with van der Waals surface area (Å²) in [6.07, 6.45) is 15.9. The van der Waals surface area contributed by atoms with Crippen LogP contribution < -0.4 is 0 Å². The van der Waals surface area contributed by atoms with Crippen LogP contribution in [0.15, 0.2) is 122 Å². The van der Waals surface area contributed by atoms with E-state index in [0.29, 0.717) is 0 Å². The number of H-pyrrole nitrogens is 2. The van der Waals surface area contributed by atoms with E-state index < -0.39 is 0 Å². The molecule has 0 radical (unpaired) electrons. The van der Waals surface area contributed by atoms with Gasteiger partial charge in [-0.2, -0.15) is 0 Å². The Hall–Kier alpha value is -6.66. The summed E-state index contributed by atoms with van der Waals surface area (Å²) in [5.41, 5.74) is 18.3. The zero-order chi connectivity index (χ0) is 38.6. The molecular weight excluding hydrogens is 685 g/mol. The van der Waals surface area contributed by atoms with Gasteiger partial charge in [0.1, 0.15) is 0 Å². The number of hydrogen-bond donors (Lipinski definition) is 2. The molecule has 0 saturated heterocycles. The first kappa shape index (κ1) is 35.1. The van der Waals surface area contributed by atoms with E-state index in [2.05, 4.69) is 159 Å². The van der Waals surface area contributed by atoms with Crippen LogP contribution in [-0.4, -0.2) is 29.9 Å². The lowest BCUT2D eigenvalue weighted by Crippen LogP contribution is -2.10. The predicted molar refractivity (Wildman–Crippen MR) is 234 cm³/mol. The molecule has 0 saturated carbocycles. The summed E-state index contributed by atoms with van der Waals surface area (Å²) < 4.78 is 0. The Morgan fingerprint density at radius 2 is 0.607 bits per heavy atom. The molecule has 8 bridgehead atoms. The van der Waals surface area contributed by atoms with E-state index in [-0.39, 0.29) is 10.8 Å². The van der Waals surface area contributed by atoms with Crippen LogP contribution in [0, 0.1) is 0 Å². The Morgan fingerprint density at radius 3 is 0.875 bits per heavy atom. The van der Waals surface area contributed by atoms with Crippen molar-refractivity contribution in [2.24, 2.45) is 0 Å². The van der Waals surface area contributed by atoms with Gasteiger partial charge < -0.3 is 9.97 Å². The van der Waals surface area contributed by atoms with E-state index in [4.69, 9.17) is 9.97 Å². The van der Waals surface area contributed by atoms with Gasteiger partial charge in [-0.25, -0.2) is 9.97 Å². The highest BCUT2D eigenvalue weighted by Gasteiger charge is 2.21. The molecule has 0 aliphatic carbocycles. The van der Waals surface area contributed by atoms with Gasteiger partial charge in [0.05, 0.1) is 22.8 Å². The van der Waals surface area contributed by atoms with Crippen molar-refractivity contribution in [2.45, 2.75) is 52.4 Å². The fraction of sp³-hybridized carbons (Fsp3) is 0.160. The number of hydrogen-bond acceptors (Lipinski definition) is 4. The molecule has 2 aromatic carbocycles. The van der Waals surface area contributed by atoms with Gasteiger partial charge in [0, 0.05) is 69.1 Å². The molecule has 0 amide bonds. The van der Waals surface area contributed by atoms with Crippen molar-refractivity contribution in [1.82, 2.24) is 29.9 Å². The predicted octanol–water partition coefficient (Wildman–Crippen LogP) is 12.7. The maximum atomic E-state index is 5.42. The van der Waals surface area contributed by atoms with E-state index in [1.807, 2.05) is 49.1 Å². The van der Waals surface area contributed by atoms with Crippen molar-refractivity contribution >= 4 is 46.4 Å². The highest BCUT2D eigenvalue weighted by atomic mass is 14.8. The van der Waals surface area contributed by atoms with Crippen LogP contribution in [-0.2, 0) is 10.8 Å². The number of fused-ring (bicyclic) bond motifs is 8. The SMILES string of the molecule is CC(C)(C)c1ccc(-c2c3nc(c(-c4ccncc4)c4ccc([nH]4)c(-c4ccncc4)c4nc(c(-c5ccc(C(C)(C)C)cc5)c5ccc2[nH]5)C=C4)C=C3)cc1. The summed E-state index contributed by atoms with van der Waals surface area (Å²) in [6, 6.07) is 34.7. The molecule has 6 nitrogen and oxygen atoms in total. The van der Waals surface area contributed by atoms with Gasteiger partial charge in [0.25, 0.3) is 0 Å². The van der Waals surface area contributed by atoms with Crippen LogP contribution in [0.3, 0.4) is 0 Å². The molecule has 0 spiro atoms. The Labute approximate surface area is 327 Å². The van der Waals surface area contributed by atoms with Crippen LogP contribution >= 0.6 is 0 Å². The van der Waals surface area contributed by atoms with Crippen molar-refractivity contribution in [3.8, 4) is 44.5 Å². The van der Waals surface area contributed by atoms with E-state index in [0.717, 1.165) is 89.4 Å². The van der Waals surface area contributed by atoms with Crippen LogP contribution in [0.2, 0.25) is 0 Å². The molecule has 7 heterocycles. The second-order valence-electron chi connectivity index (χ2n) is 16.6. The Morgan fingerprint density at radius 1 is 0.339 bits per heavy atom. The maximum absolute atomic E-state index is 5.42. The fourth-order valence-electron chi connectivity index (χ4n) is 7.73. The lowest BCUT2D eigenvalue weighted by atomic mass is 9.86. The second kappa shape index (κ2) is 13.6. The van der Waals surface area contributed by atoms with Gasteiger partial charge >= 0.3 is 0 Å². The third kappa shape index (κ3) is 6.47. The lowest BCUT2D eigenvalue weighted by molar-refractivity contribution is 0.590. The molecule has 0 atom stereocenters. The second-order valence-corrected chi connectivity index (χ2v) is 16.6. The van der Waals surface area contributed by atoms with Crippen LogP contribution in [0.4, 0.5) is 0 Å². The molecular formula is C50H44N6. The van der Waals surface area contributed by atoms with E-state index in [1.165, 1.54) is 11.1 Å². The zero-order valence-electron chi connectivity index (χ0n) is 32.6. The van der Waals surface area contributed by atoms with Gasteiger partial charge in [0.15, 0.2) is 0 Å². The molecule has 7 aromatic rings. The summed E-state index contributed by atoms with van der Waals surface area (Å²) >= 11 is 0. The van der Waals surface area contributed by atoms with Gasteiger partial charge in [-0.1, -0.05) is 90.1 Å². The lowest BCUT2D eigenvalue weighted by Gasteiger charge is -2.19. The van der Waals surface area contributed by atoms with Crippen LogP contribution in [0.5, 0.6) is 0 Å². The monoisotopic (exact) mass is 728 g/mol. The van der Waals surface area contributed by atoms with E-state index in [9.17, 15) is 0 Å². The third-order valence-corrected chi connectivity index (χ3v) is 10.8. The van der Waals surface area contributed by atoms with E-state index in [1.54, 1.807) is 0 Å². The van der Waals surface area contributed by atoms with Crippen molar-refractivity contribution < 1.29 is 0 Å². The number of pyridine rings is 2. The van der Waals surface area contributed by atoms with Crippen molar-refractivity contribution in [2.75, 3.05) is 0 Å². The van der Waals surface area contributed by atoms with Crippen LogP contribution in [0.1, 0.15) is 75.4 Å². The first-order chi connectivity index (χ1) is 27.0. The first-order valence-electron chi connectivity index (χ1n) is 19.2. The number of nitrogens with one attached hydrogen (secondary N) is 2. The number of nitrogens with zero attached hydrogens (tertiary/aromatic N) is 4. The number of aromatic nitrogens is 6. The van der Waals surface area contributed by atoms with E-state index >= 15 is 0 Å². The van der Waals surface area contributed by atoms with Gasteiger partial charge in [-0.3, -0.25) is 9.97 Å². The molecule has 2 N–H and O–H groups in total. The van der Waals surface area contributed by atoms with Crippen molar-refractivity contribution in [1.29, 1.82) is 0 Å². The smallest absolute Gasteiger partial charge is 0.0737 e. The Bertz CT molecular complexity index is 2630. The largest absolute Gasteiger partial charge is 0.354 e. The molecule has 9 rings (SSSR count). The molecule has 56 heavy (non-hydrogen) atoms. The summed E-state index contributed by atoms with van der Waals surface area (Å²) in [5, 5.41) is 0. The topological polar surface area (TPSA) is 83.1 Å². The number of benzene rings is 2. The summed E-state index contributed by atoms with van der Waals surface area (Å²) in [6.45, 7) is 13.5. The van der Waals surface area contributed by atoms with Crippen molar-refractivity contribution in [3.05, 3.63) is 156 Å². The highest BCUT2D eigenvalue weighted by Crippen LogP contribution is 2.39. The summed E-state index contributed by atoms with van der Waals surface area (Å²) in [4.78, 5) is 27.2. The normalized spacial score (nSPS) is 12.7. The first-order valence-corrected chi connectivity index (χ1v) is 19.2. The summed E-state index contributed by atoms with van der Waals surface area (Å²) in [5.74, 6) is 0. The minimum absolute atomic E-state index is 0.0325. The average molecular weight is 729 g/mol. The highest BCUT2D eigenvalue weighted by molar-refractivity contribution is 5.99. The molecule has 0 unspecified atom stereocenters. The maximum Gasteiger partial charge on any atom is 0.0737 e. The van der Waals surface area contributed by atoms with Gasteiger partial charge in [-0.05, 0) is 117 Å². The fourth-order valence-corrected chi connectivity index (χ4v) is 7.73. The number of rotatable bonds is 4. The minimum Gasteiger partial charge on any atom is -0.354 e. The minimum atomic E-state index is 0.0325. The molecule has 2 aliphatic heterocycles. The quantitative estimate of drug-likeness (QED) is 0.189. The zero-order valence-corrected chi connectivity index (χ0v) is 32.6.